The van der Waals surface area contributed by atoms with Crippen molar-refractivity contribution in [3.63, 3.8) is 0 Å². The normalized spacial score (nSPS) is 12.9. The van der Waals surface area contributed by atoms with E-state index >= 15 is 0 Å². The third-order valence-electron chi connectivity index (χ3n) is 1.99. The average molecular weight is 190 g/mol. The molecule has 1 atom stereocenters. The molecule has 5 heteroatoms. The van der Waals surface area contributed by atoms with Crippen LogP contribution in [0.2, 0.25) is 0 Å². The van der Waals surface area contributed by atoms with E-state index in [0.29, 0.717) is 11.0 Å². The fourth-order valence-corrected chi connectivity index (χ4v) is 1.14. The van der Waals surface area contributed by atoms with Crippen LogP contribution in [-0.4, -0.2) is 21.0 Å². The average Bonchev–Trinajstić information content (AvgIpc) is 2.59. The molecule has 2 aromatic rings. The Bertz CT molecular complexity index is 445. The van der Waals surface area contributed by atoms with Gasteiger partial charge in [0, 0.05) is 0 Å². The van der Waals surface area contributed by atoms with Crippen molar-refractivity contribution in [2.75, 3.05) is 0 Å². The van der Waals surface area contributed by atoms with Crippen molar-refractivity contribution in [2.45, 2.75) is 13.0 Å². The van der Waals surface area contributed by atoms with Crippen molar-refractivity contribution in [3.05, 3.63) is 24.3 Å². The van der Waals surface area contributed by atoms with Gasteiger partial charge in [-0.3, -0.25) is 0 Å². The SMILES string of the molecule is C[C@@H](C(=O)[O-])n1nc2ccccc2n1. The molecule has 0 fully saturated rings. The second-order valence-electron chi connectivity index (χ2n) is 3.00. The van der Waals surface area contributed by atoms with Gasteiger partial charge in [0.15, 0.2) is 0 Å². The summed E-state index contributed by atoms with van der Waals surface area (Å²) in [5.74, 6) is -1.19. The number of fused-ring (bicyclic) bond motifs is 1. The third kappa shape index (κ3) is 1.32. The highest BCUT2D eigenvalue weighted by Gasteiger charge is 2.09. The third-order valence-corrected chi connectivity index (χ3v) is 1.99. The summed E-state index contributed by atoms with van der Waals surface area (Å²) in [6.07, 6.45) is 0. The summed E-state index contributed by atoms with van der Waals surface area (Å²) >= 11 is 0. The molecule has 0 amide bonds. The van der Waals surface area contributed by atoms with E-state index in [1.54, 1.807) is 12.1 Å². The standard InChI is InChI=1S/C9H9N3O2/c1-6(9(13)14)12-10-7-4-2-3-5-8(7)11-12/h2-6H,1H3,(H,13,14)/p-1/t6-/m0/s1. The van der Waals surface area contributed by atoms with Crippen LogP contribution in [0.5, 0.6) is 0 Å². The van der Waals surface area contributed by atoms with Crippen molar-refractivity contribution in [1.29, 1.82) is 0 Å². The number of carboxylic acid groups (broad SMARTS) is 1. The first-order valence-electron chi connectivity index (χ1n) is 4.21. The molecule has 0 aliphatic carbocycles. The highest BCUT2D eigenvalue weighted by molar-refractivity contribution is 5.74. The highest BCUT2D eigenvalue weighted by atomic mass is 16.4. The van der Waals surface area contributed by atoms with Gasteiger partial charge in [0.2, 0.25) is 0 Å². The van der Waals surface area contributed by atoms with Crippen LogP contribution in [0.15, 0.2) is 24.3 Å². The van der Waals surface area contributed by atoms with Crippen LogP contribution in [0.3, 0.4) is 0 Å². The summed E-state index contributed by atoms with van der Waals surface area (Å²) in [4.78, 5) is 11.7. The fourth-order valence-electron chi connectivity index (χ4n) is 1.14. The molecule has 2 rings (SSSR count). The van der Waals surface area contributed by atoms with Gasteiger partial charge < -0.3 is 9.90 Å². The topological polar surface area (TPSA) is 70.8 Å². The Morgan fingerprint density at radius 3 is 2.29 bits per heavy atom. The summed E-state index contributed by atoms with van der Waals surface area (Å²) in [6.45, 7) is 1.48. The Kier molecular flexibility index (Phi) is 1.92. The van der Waals surface area contributed by atoms with E-state index in [2.05, 4.69) is 10.2 Å². The van der Waals surface area contributed by atoms with Crippen LogP contribution >= 0.6 is 0 Å². The Hall–Kier alpha value is -1.91. The number of aromatic nitrogens is 3. The van der Waals surface area contributed by atoms with E-state index in [1.807, 2.05) is 12.1 Å². The predicted octanol–water partition coefficient (Wildman–Crippen LogP) is -0.258. The second-order valence-corrected chi connectivity index (χ2v) is 3.00. The molecule has 0 aliphatic heterocycles. The number of aliphatic carboxylic acids is 1. The zero-order valence-corrected chi connectivity index (χ0v) is 7.54. The number of nitrogens with zero attached hydrogens (tertiary/aromatic N) is 3. The lowest BCUT2D eigenvalue weighted by atomic mass is 10.3. The first-order chi connectivity index (χ1) is 6.68. The van der Waals surface area contributed by atoms with Gasteiger partial charge in [-0.25, -0.2) is 0 Å². The van der Waals surface area contributed by atoms with E-state index in [-0.39, 0.29) is 0 Å². The highest BCUT2D eigenvalue weighted by Crippen LogP contribution is 2.10. The molecule has 0 N–H and O–H groups in total. The lowest BCUT2D eigenvalue weighted by molar-refractivity contribution is -0.310. The van der Waals surface area contributed by atoms with Crippen molar-refractivity contribution in [1.82, 2.24) is 15.0 Å². The number of benzene rings is 1. The van der Waals surface area contributed by atoms with Crippen molar-refractivity contribution in [2.24, 2.45) is 0 Å². The van der Waals surface area contributed by atoms with Gasteiger partial charge in [-0.1, -0.05) is 12.1 Å². The Balaban J connectivity index is 2.50. The molecule has 0 saturated heterocycles. The first-order valence-corrected chi connectivity index (χ1v) is 4.21. The second kappa shape index (κ2) is 3.10. The molecule has 0 bridgehead atoms. The lowest BCUT2D eigenvalue weighted by Gasteiger charge is -2.09. The molecule has 1 aromatic heterocycles. The van der Waals surface area contributed by atoms with Gasteiger partial charge in [0.05, 0.1) is 5.97 Å². The quantitative estimate of drug-likeness (QED) is 0.654. The number of carbonyl (C=O) groups is 1. The molecule has 0 unspecified atom stereocenters. The van der Waals surface area contributed by atoms with Crippen molar-refractivity contribution >= 4 is 17.0 Å². The van der Waals surface area contributed by atoms with E-state index in [0.717, 1.165) is 4.80 Å². The smallest absolute Gasteiger partial charge is 0.113 e. The van der Waals surface area contributed by atoms with Crippen LogP contribution in [0.4, 0.5) is 0 Å². The number of hydrogen-bond acceptors (Lipinski definition) is 4. The van der Waals surface area contributed by atoms with Crippen molar-refractivity contribution < 1.29 is 9.90 Å². The lowest BCUT2D eigenvalue weighted by Crippen LogP contribution is -2.32. The fraction of sp³-hybridized carbons (Fsp3) is 0.222. The van der Waals surface area contributed by atoms with Crippen LogP contribution in [-0.2, 0) is 4.79 Å². The number of carboxylic acids is 1. The molecule has 5 nitrogen and oxygen atoms in total. The molecule has 0 aliphatic rings. The van der Waals surface area contributed by atoms with Gasteiger partial charge in [0.1, 0.15) is 17.1 Å². The molecule has 0 spiro atoms. The molecule has 0 saturated carbocycles. The van der Waals surface area contributed by atoms with Crippen LogP contribution < -0.4 is 5.11 Å². The molecular weight excluding hydrogens is 182 g/mol. The molecular formula is C9H8N3O2-. The zero-order valence-electron chi connectivity index (χ0n) is 7.54. The molecule has 72 valence electrons. The number of hydrogen-bond donors (Lipinski definition) is 0. The zero-order chi connectivity index (χ0) is 10.1. The van der Waals surface area contributed by atoms with Crippen LogP contribution in [0, 0.1) is 0 Å². The molecule has 1 heterocycles. The van der Waals surface area contributed by atoms with Gasteiger partial charge in [-0.2, -0.15) is 15.0 Å². The van der Waals surface area contributed by atoms with Gasteiger partial charge in [-0.15, -0.1) is 0 Å². The maximum Gasteiger partial charge on any atom is 0.113 e. The summed E-state index contributed by atoms with van der Waals surface area (Å²) in [5.41, 5.74) is 1.36. The Morgan fingerprint density at radius 1 is 1.36 bits per heavy atom. The summed E-state index contributed by atoms with van der Waals surface area (Å²) in [5, 5.41) is 18.6. The van der Waals surface area contributed by atoms with Crippen LogP contribution in [0.1, 0.15) is 13.0 Å². The summed E-state index contributed by atoms with van der Waals surface area (Å²) in [7, 11) is 0. The van der Waals surface area contributed by atoms with Gasteiger partial charge in [0.25, 0.3) is 0 Å². The number of rotatable bonds is 2. The van der Waals surface area contributed by atoms with E-state index in [4.69, 9.17) is 0 Å². The molecule has 1 aromatic carbocycles. The first kappa shape index (κ1) is 8.68. The van der Waals surface area contributed by atoms with Crippen LogP contribution in [0.25, 0.3) is 11.0 Å². The monoisotopic (exact) mass is 190 g/mol. The summed E-state index contributed by atoms with van der Waals surface area (Å²) < 4.78 is 0. The Labute approximate surface area is 80.0 Å². The largest absolute Gasteiger partial charge is 0.548 e. The number of carbonyl (C=O) groups excluding carboxylic acids is 1. The van der Waals surface area contributed by atoms with E-state index in [1.165, 1.54) is 6.92 Å². The maximum atomic E-state index is 10.6. The Morgan fingerprint density at radius 2 is 1.86 bits per heavy atom. The minimum Gasteiger partial charge on any atom is -0.548 e. The van der Waals surface area contributed by atoms with Gasteiger partial charge >= 0.3 is 0 Å². The van der Waals surface area contributed by atoms with Gasteiger partial charge in [-0.05, 0) is 19.1 Å². The predicted molar refractivity (Wildman–Crippen MR) is 47.2 cm³/mol. The minimum absolute atomic E-state index is 0.681. The summed E-state index contributed by atoms with van der Waals surface area (Å²) in [6, 6.07) is 6.36. The minimum atomic E-state index is -1.19. The van der Waals surface area contributed by atoms with Crippen molar-refractivity contribution in [3.8, 4) is 0 Å². The maximum absolute atomic E-state index is 10.6. The molecule has 14 heavy (non-hydrogen) atoms. The van der Waals surface area contributed by atoms with E-state index < -0.39 is 12.0 Å². The molecule has 0 radical (unpaired) electrons. The van der Waals surface area contributed by atoms with E-state index in [9.17, 15) is 9.90 Å².